The van der Waals surface area contributed by atoms with Crippen molar-refractivity contribution in [2.24, 2.45) is 0 Å². The second-order valence-electron chi connectivity index (χ2n) is 5.92. The number of amides is 2. The number of fused-ring (bicyclic) bond motifs is 1. The molecule has 4 atom stereocenters. The number of aliphatic hydroxyl groups excluding tert-OH is 1. The lowest BCUT2D eigenvalue weighted by Gasteiger charge is -2.29. The minimum atomic E-state index is -2.20. The van der Waals surface area contributed by atoms with Crippen LogP contribution in [0.4, 0.5) is 0 Å². The van der Waals surface area contributed by atoms with Crippen LogP contribution in [0, 0.1) is 0 Å². The van der Waals surface area contributed by atoms with E-state index in [0.29, 0.717) is 24.0 Å². The predicted octanol–water partition coefficient (Wildman–Crippen LogP) is 0.633. The van der Waals surface area contributed by atoms with Crippen LogP contribution in [-0.4, -0.2) is 59.6 Å². The molecule has 2 aliphatic rings. The number of rotatable bonds is 2. The van der Waals surface area contributed by atoms with Gasteiger partial charge in [-0.25, -0.2) is 4.21 Å². The molecule has 2 N–H and O–H groups in total. The van der Waals surface area contributed by atoms with Crippen molar-refractivity contribution in [2.45, 2.75) is 38.0 Å². The van der Waals surface area contributed by atoms with Crippen LogP contribution in [0.5, 0.6) is 0 Å². The van der Waals surface area contributed by atoms with Gasteiger partial charge in [0.25, 0.3) is 11.8 Å². The normalized spacial score (nSPS) is 30.2. The predicted molar refractivity (Wildman–Crippen MR) is 82.9 cm³/mol. The van der Waals surface area contributed by atoms with E-state index in [1.165, 1.54) is 4.31 Å². The van der Waals surface area contributed by atoms with Crippen LogP contribution >= 0.6 is 0 Å². The first kappa shape index (κ1) is 16.3. The smallest absolute Gasteiger partial charge is 0.261 e. The number of aliphatic hydroxyl groups is 1. The fourth-order valence-electron chi connectivity index (χ4n) is 3.26. The van der Waals surface area contributed by atoms with Crippen molar-refractivity contribution >= 4 is 23.1 Å². The number of carbonyl (C=O) groups is 2. The molecule has 0 saturated carbocycles. The SMILES string of the molecule is C[C@@H]1CC[C@H](N2C(=O)c3ccccc3C2=O)[C@@H](O)CN1S(=O)O. The molecule has 0 spiro atoms. The maximum absolute atomic E-state index is 12.5. The van der Waals surface area contributed by atoms with E-state index in [2.05, 4.69) is 0 Å². The summed E-state index contributed by atoms with van der Waals surface area (Å²) < 4.78 is 22.0. The third kappa shape index (κ3) is 2.72. The van der Waals surface area contributed by atoms with E-state index in [1.54, 1.807) is 31.2 Å². The molecular weight excluding hydrogens is 320 g/mol. The third-order valence-corrected chi connectivity index (χ3v) is 5.45. The Morgan fingerprint density at radius 3 is 2.22 bits per heavy atom. The average molecular weight is 338 g/mol. The number of imide groups is 1. The average Bonchev–Trinajstić information content (AvgIpc) is 2.67. The zero-order valence-corrected chi connectivity index (χ0v) is 13.4. The van der Waals surface area contributed by atoms with Gasteiger partial charge >= 0.3 is 0 Å². The molecular formula is C15H18N2O5S. The minimum absolute atomic E-state index is 0.0671. The van der Waals surface area contributed by atoms with Gasteiger partial charge in [0, 0.05) is 12.6 Å². The Kier molecular flexibility index (Phi) is 4.33. The van der Waals surface area contributed by atoms with Crippen LogP contribution < -0.4 is 0 Å². The van der Waals surface area contributed by atoms with Crippen molar-refractivity contribution in [2.75, 3.05) is 6.54 Å². The summed E-state index contributed by atoms with van der Waals surface area (Å²) in [7, 11) is 0. The molecule has 0 radical (unpaired) electrons. The summed E-state index contributed by atoms with van der Waals surface area (Å²) in [5.74, 6) is -0.832. The van der Waals surface area contributed by atoms with Crippen molar-refractivity contribution in [1.29, 1.82) is 0 Å². The van der Waals surface area contributed by atoms with E-state index in [0.717, 1.165) is 4.90 Å². The van der Waals surface area contributed by atoms with Crippen LogP contribution in [0.2, 0.25) is 0 Å². The Hall–Kier alpha value is -1.61. The number of hydrogen-bond donors (Lipinski definition) is 2. The quantitative estimate of drug-likeness (QED) is 0.609. The lowest BCUT2D eigenvalue weighted by molar-refractivity contribution is 0.0320. The van der Waals surface area contributed by atoms with Crippen LogP contribution in [0.3, 0.4) is 0 Å². The van der Waals surface area contributed by atoms with Gasteiger partial charge in [0.2, 0.25) is 11.3 Å². The summed E-state index contributed by atoms with van der Waals surface area (Å²) >= 11 is -2.20. The Morgan fingerprint density at radius 2 is 1.70 bits per heavy atom. The molecule has 7 nitrogen and oxygen atoms in total. The molecule has 8 heteroatoms. The van der Waals surface area contributed by atoms with Gasteiger partial charge in [-0.3, -0.25) is 19.0 Å². The molecule has 23 heavy (non-hydrogen) atoms. The van der Waals surface area contributed by atoms with Crippen molar-refractivity contribution < 1.29 is 23.5 Å². The highest BCUT2D eigenvalue weighted by molar-refractivity contribution is 7.76. The van der Waals surface area contributed by atoms with Crippen molar-refractivity contribution in [3.8, 4) is 0 Å². The zero-order valence-electron chi connectivity index (χ0n) is 12.6. The first-order chi connectivity index (χ1) is 10.9. The maximum atomic E-state index is 12.5. The lowest BCUT2D eigenvalue weighted by Crippen LogP contribution is -2.49. The summed E-state index contributed by atoms with van der Waals surface area (Å²) in [6.45, 7) is 1.72. The number of hydrogen-bond acceptors (Lipinski definition) is 4. The van der Waals surface area contributed by atoms with E-state index in [9.17, 15) is 23.5 Å². The Balaban J connectivity index is 1.89. The molecule has 1 aromatic rings. The molecule has 0 aliphatic carbocycles. The van der Waals surface area contributed by atoms with Gasteiger partial charge in [-0.1, -0.05) is 12.1 Å². The van der Waals surface area contributed by atoms with Crippen molar-refractivity contribution in [1.82, 2.24) is 9.21 Å². The number of benzene rings is 1. The molecule has 2 amide bonds. The standard InChI is InChI=1S/C15H18N2O5S/c1-9-6-7-12(13(18)8-16(9)23(21)22)17-14(19)10-4-2-3-5-11(10)15(17)20/h2-5,9,12-13,18H,6-8H2,1H3,(H,21,22)/t9-,12+,13+/m1/s1. The van der Waals surface area contributed by atoms with Gasteiger partial charge < -0.3 is 5.11 Å². The summed E-state index contributed by atoms with van der Waals surface area (Å²) in [5.41, 5.74) is 0.675. The molecule has 1 fully saturated rings. The fourth-order valence-corrected chi connectivity index (χ4v) is 3.96. The summed E-state index contributed by atoms with van der Waals surface area (Å²) in [6.07, 6.45) is -0.179. The Labute approximate surface area is 136 Å². The van der Waals surface area contributed by atoms with E-state index in [4.69, 9.17) is 0 Å². The number of carbonyl (C=O) groups excluding carboxylic acids is 2. The van der Waals surface area contributed by atoms with Crippen molar-refractivity contribution in [3.05, 3.63) is 35.4 Å². The van der Waals surface area contributed by atoms with E-state index in [1.807, 2.05) is 0 Å². The lowest BCUT2D eigenvalue weighted by atomic mass is 10.0. The van der Waals surface area contributed by atoms with Gasteiger partial charge in [-0.15, -0.1) is 0 Å². The number of nitrogens with zero attached hydrogens (tertiary/aromatic N) is 2. The van der Waals surface area contributed by atoms with E-state index in [-0.39, 0.29) is 12.6 Å². The molecule has 1 saturated heterocycles. The number of β-amino-alcohol motifs (C(OH)–C–C–N with tert-alkyl or cyclic N) is 1. The fraction of sp³-hybridized carbons (Fsp3) is 0.467. The summed E-state index contributed by atoms with van der Waals surface area (Å²) in [5, 5.41) is 10.4. The second kappa shape index (κ2) is 6.12. The summed E-state index contributed by atoms with van der Waals surface area (Å²) in [4.78, 5) is 26.2. The van der Waals surface area contributed by atoms with Crippen LogP contribution in [0.1, 0.15) is 40.5 Å². The Morgan fingerprint density at radius 1 is 1.13 bits per heavy atom. The van der Waals surface area contributed by atoms with Crippen LogP contribution in [-0.2, 0) is 11.3 Å². The van der Waals surface area contributed by atoms with Gasteiger partial charge in [0.1, 0.15) is 0 Å². The first-order valence-electron chi connectivity index (χ1n) is 7.44. The highest BCUT2D eigenvalue weighted by atomic mass is 32.2. The van der Waals surface area contributed by atoms with Gasteiger partial charge in [-0.05, 0) is 31.9 Å². The highest BCUT2D eigenvalue weighted by Crippen LogP contribution is 2.30. The zero-order chi connectivity index (χ0) is 16.7. The second-order valence-corrected chi connectivity index (χ2v) is 6.85. The van der Waals surface area contributed by atoms with Crippen LogP contribution in [0.15, 0.2) is 24.3 Å². The van der Waals surface area contributed by atoms with E-state index >= 15 is 0 Å². The first-order valence-corrected chi connectivity index (χ1v) is 8.50. The molecule has 0 aromatic heterocycles. The van der Waals surface area contributed by atoms with Gasteiger partial charge in [-0.2, -0.15) is 4.31 Å². The minimum Gasteiger partial charge on any atom is -0.390 e. The monoisotopic (exact) mass is 338 g/mol. The van der Waals surface area contributed by atoms with Crippen LogP contribution in [0.25, 0.3) is 0 Å². The summed E-state index contributed by atoms with van der Waals surface area (Å²) in [6, 6.07) is 5.65. The molecule has 1 unspecified atom stereocenters. The molecule has 2 aliphatic heterocycles. The molecule has 124 valence electrons. The van der Waals surface area contributed by atoms with Crippen molar-refractivity contribution in [3.63, 3.8) is 0 Å². The maximum Gasteiger partial charge on any atom is 0.261 e. The molecule has 3 rings (SSSR count). The highest BCUT2D eigenvalue weighted by Gasteiger charge is 2.44. The van der Waals surface area contributed by atoms with E-state index < -0.39 is 35.2 Å². The largest absolute Gasteiger partial charge is 0.390 e. The third-order valence-electron chi connectivity index (χ3n) is 4.54. The van der Waals surface area contributed by atoms with Gasteiger partial charge in [0.05, 0.1) is 23.3 Å². The topological polar surface area (TPSA) is 98.2 Å². The molecule has 1 aromatic carbocycles. The Bertz CT molecular complexity index is 645. The molecule has 2 heterocycles. The molecule has 0 bridgehead atoms. The van der Waals surface area contributed by atoms with Gasteiger partial charge in [0.15, 0.2) is 0 Å².